The van der Waals surface area contributed by atoms with Gasteiger partial charge in [-0.15, -0.1) is 0 Å². The van der Waals surface area contributed by atoms with Crippen LogP contribution >= 0.6 is 0 Å². The van der Waals surface area contributed by atoms with E-state index in [0.717, 1.165) is 0 Å². The van der Waals surface area contributed by atoms with Gasteiger partial charge in [0.2, 0.25) is 5.91 Å². The van der Waals surface area contributed by atoms with Gasteiger partial charge in [0.25, 0.3) is 0 Å². The molecule has 92 valence electrons. The summed E-state index contributed by atoms with van der Waals surface area (Å²) in [5, 5.41) is 11.1. The first-order valence-electron chi connectivity index (χ1n) is 5.04. The second kappa shape index (κ2) is 6.81. The summed E-state index contributed by atoms with van der Waals surface area (Å²) in [6.07, 6.45) is -0.0366. The van der Waals surface area contributed by atoms with Gasteiger partial charge in [0.05, 0.1) is 13.0 Å². The molecule has 0 aliphatic rings. The first kappa shape index (κ1) is 14.4. The lowest BCUT2D eigenvalue weighted by Crippen LogP contribution is -2.44. The van der Waals surface area contributed by atoms with Crippen LogP contribution in [0.3, 0.4) is 0 Å². The Balaban J connectivity index is 4.38. The maximum atomic E-state index is 11.1. The molecule has 1 amide bonds. The standard InChI is InChI=1S/C10H17NO5/c1-4-16-8(13)5-6(2)9(10(14)15)11-7(3)12/h6,9H,4-5H2,1-3H3,(H,11,12)(H,14,15)/t6-,9+/m0/s1. The number of carbonyl (C=O) groups is 3. The lowest BCUT2D eigenvalue weighted by Gasteiger charge is -2.19. The zero-order valence-electron chi connectivity index (χ0n) is 9.65. The van der Waals surface area contributed by atoms with E-state index in [1.807, 2.05) is 0 Å². The first-order chi connectivity index (χ1) is 7.38. The molecule has 0 radical (unpaired) electrons. The summed E-state index contributed by atoms with van der Waals surface area (Å²) in [5.74, 6) is -2.58. The number of carboxylic acids is 1. The number of carboxylic acid groups (broad SMARTS) is 1. The molecule has 0 saturated carbocycles. The van der Waals surface area contributed by atoms with Crippen LogP contribution in [0, 0.1) is 5.92 Å². The predicted molar refractivity (Wildman–Crippen MR) is 55.7 cm³/mol. The molecule has 0 saturated heterocycles. The zero-order valence-corrected chi connectivity index (χ0v) is 9.65. The number of ether oxygens (including phenoxy) is 1. The van der Waals surface area contributed by atoms with Gasteiger partial charge in [-0.2, -0.15) is 0 Å². The fraction of sp³-hybridized carbons (Fsp3) is 0.700. The number of rotatable bonds is 6. The van der Waals surface area contributed by atoms with E-state index >= 15 is 0 Å². The van der Waals surface area contributed by atoms with E-state index in [2.05, 4.69) is 5.32 Å². The van der Waals surface area contributed by atoms with Crippen molar-refractivity contribution in [3.05, 3.63) is 0 Å². The van der Waals surface area contributed by atoms with Gasteiger partial charge < -0.3 is 15.2 Å². The number of amides is 1. The minimum Gasteiger partial charge on any atom is -0.480 e. The van der Waals surface area contributed by atoms with E-state index in [4.69, 9.17) is 9.84 Å². The Morgan fingerprint density at radius 2 is 1.94 bits per heavy atom. The van der Waals surface area contributed by atoms with Crippen molar-refractivity contribution in [3.8, 4) is 0 Å². The topological polar surface area (TPSA) is 92.7 Å². The van der Waals surface area contributed by atoms with Crippen LogP contribution < -0.4 is 5.32 Å². The van der Waals surface area contributed by atoms with Crippen LogP contribution in [0.5, 0.6) is 0 Å². The highest BCUT2D eigenvalue weighted by atomic mass is 16.5. The van der Waals surface area contributed by atoms with Crippen LogP contribution in [0.25, 0.3) is 0 Å². The molecular weight excluding hydrogens is 214 g/mol. The maximum absolute atomic E-state index is 11.1. The van der Waals surface area contributed by atoms with E-state index in [1.165, 1.54) is 6.92 Å². The second-order valence-corrected chi connectivity index (χ2v) is 3.50. The molecule has 0 spiro atoms. The van der Waals surface area contributed by atoms with Crippen LogP contribution in [-0.4, -0.2) is 35.6 Å². The van der Waals surface area contributed by atoms with Gasteiger partial charge in [0.15, 0.2) is 0 Å². The fourth-order valence-electron chi connectivity index (χ4n) is 1.27. The third kappa shape index (κ3) is 5.33. The van der Waals surface area contributed by atoms with Gasteiger partial charge in [0.1, 0.15) is 6.04 Å². The first-order valence-corrected chi connectivity index (χ1v) is 5.04. The third-order valence-electron chi connectivity index (χ3n) is 1.99. The minimum absolute atomic E-state index is 0.0366. The molecule has 0 fully saturated rings. The molecule has 0 unspecified atom stereocenters. The van der Waals surface area contributed by atoms with Crippen molar-refractivity contribution in [1.82, 2.24) is 5.32 Å². The maximum Gasteiger partial charge on any atom is 0.326 e. The van der Waals surface area contributed by atoms with Gasteiger partial charge in [-0.1, -0.05) is 6.92 Å². The monoisotopic (exact) mass is 231 g/mol. The van der Waals surface area contributed by atoms with E-state index in [9.17, 15) is 14.4 Å². The molecule has 0 heterocycles. The van der Waals surface area contributed by atoms with Crippen LogP contribution in [-0.2, 0) is 19.1 Å². The summed E-state index contributed by atoms with van der Waals surface area (Å²) >= 11 is 0. The predicted octanol–water partition coefficient (Wildman–Crippen LogP) is 0.165. The highest BCUT2D eigenvalue weighted by molar-refractivity contribution is 5.83. The largest absolute Gasteiger partial charge is 0.480 e. The third-order valence-corrected chi connectivity index (χ3v) is 1.99. The molecule has 16 heavy (non-hydrogen) atoms. The van der Waals surface area contributed by atoms with E-state index in [1.54, 1.807) is 13.8 Å². The molecule has 0 aromatic heterocycles. The van der Waals surface area contributed by atoms with Gasteiger partial charge in [-0.3, -0.25) is 9.59 Å². The number of esters is 1. The molecule has 0 aromatic rings. The summed E-state index contributed by atoms with van der Waals surface area (Å²) in [5.41, 5.74) is 0. The van der Waals surface area contributed by atoms with Crippen molar-refractivity contribution in [1.29, 1.82) is 0 Å². The lowest BCUT2D eigenvalue weighted by molar-refractivity contribution is -0.147. The van der Waals surface area contributed by atoms with Crippen molar-refractivity contribution >= 4 is 17.8 Å². The number of carbonyl (C=O) groups excluding carboxylic acids is 2. The average Bonchev–Trinajstić information content (AvgIpc) is 2.13. The Labute approximate surface area is 94.0 Å². The Morgan fingerprint density at radius 3 is 2.31 bits per heavy atom. The molecule has 0 rings (SSSR count). The van der Waals surface area contributed by atoms with Crippen LogP contribution in [0.2, 0.25) is 0 Å². The molecule has 0 aromatic carbocycles. The Hall–Kier alpha value is -1.59. The summed E-state index contributed by atoms with van der Waals surface area (Å²) < 4.78 is 4.70. The van der Waals surface area contributed by atoms with Crippen molar-refractivity contribution in [2.24, 2.45) is 5.92 Å². The normalized spacial score (nSPS) is 13.7. The molecular formula is C10H17NO5. The Kier molecular flexibility index (Phi) is 6.14. The molecule has 6 nitrogen and oxygen atoms in total. The van der Waals surface area contributed by atoms with Crippen LogP contribution in [0.15, 0.2) is 0 Å². The van der Waals surface area contributed by atoms with E-state index in [-0.39, 0.29) is 13.0 Å². The van der Waals surface area contributed by atoms with Gasteiger partial charge in [0, 0.05) is 6.92 Å². The van der Waals surface area contributed by atoms with Gasteiger partial charge in [-0.05, 0) is 12.8 Å². The Bertz CT molecular complexity index is 276. The smallest absolute Gasteiger partial charge is 0.326 e. The highest BCUT2D eigenvalue weighted by Gasteiger charge is 2.27. The van der Waals surface area contributed by atoms with E-state index in [0.29, 0.717) is 0 Å². The summed E-state index contributed by atoms with van der Waals surface area (Å²) in [6.45, 7) is 4.73. The van der Waals surface area contributed by atoms with E-state index < -0.39 is 29.8 Å². The quantitative estimate of drug-likeness (QED) is 0.635. The fourth-order valence-corrected chi connectivity index (χ4v) is 1.27. The van der Waals surface area contributed by atoms with Crippen molar-refractivity contribution < 1.29 is 24.2 Å². The van der Waals surface area contributed by atoms with Crippen molar-refractivity contribution in [2.75, 3.05) is 6.61 Å². The number of hydrogen-bond donors (Lipinski definition) is 2. The highest BCUT2D eigenvalue weighted by Crippen LogP contribution is 2.10. The molecule has 0 aliphatic carbocycles. The molecule has 0 aliphatic heterocycles. The van der Waals surface area contributed by atoms with Crippen LogP contribution in [0.1, 0.15) is 27.2 Å². The summed E-state index contributed by atoms with van der Waals surface area (Å²) in [7, 11) is 0. The molecule has 2 N–H and O–H groups in total. The second-order valence-electron chi connectivity index (χ2n) is 3.50. The Morgan fingerprint density at radius 1 is 1.38 bits per heavy atom. The SMILES string of the molecule is CCOC(=O)C[C@H](C)[C@@H](NC(C)=O)C(=O)O. The average molecular weight is 231 g/mol. The zero-order chi connectivity index (χ0) is 12.7. The van der Waals surface area contributed by atoms with Gasteiger partial charge >= 0.3 is 11.9 Å². The van der Waals surface area contributed by atoms with Crippen molar-refractivity contribution in [3.63, 3.8) is 0 Å². The summed E-state index contributed by atoms with van der Waals surface area (Å²) in [4.78, 5) is 32.8. The molecule has 2 atom stereocenters. The summed E-state index contributed by atoms with van der Waals surface area (Å²) in [6, 6.07) is -1.07. The molecule has 6 heteroatoms. The lowest BCUT2D eigenvalue weighted by atomic mass is 9.98. The number of hydrogen-bond acceptors (Lipinski definition) is 4. The van der Waals surface area contributed by atoms with Gasteiger partial charge in [-0.25, -0.2) is 4.79 Å². The molecule has 0 bridgehead atoms. The van der Waals surface area contributed by atoms with Crippen molar-refractivity contribution in [2.45, 2.75) is 33.2 Å². The minimum atomic E-state index is -1.16. The number of nitrogens with one attached hydrogen (secondary N) is 1. The van der Waals surface area contributed by atoms with Crippen LogP contribution in [0.4, 0.5) is 0 Å². The number of aliphatic carboxylic acids is 1.